The zero-order valence-electron chi connectivity index (χ0n) is 27.3. The van der Waals surface area contributed by atoms with Crippen LogP contribution in [0.25, 0.3) is 0 Å². The van der Waals surface area contributed by atoms with Gasteiger partial charge in [-0.3, -0.25) is 13.8 Å². The van der Waals surface area contributed by atoms with Gasteiger partial charge in [-0.25, -0.2) is 4.57 Å². The largest absolute Gasteiger partial charge is 0.472 e. The number of carbonyl (C=O) groups excluding carboxylic acids is 1. The first-order valence-electron chi connectivity index (χ1n) is 16.6. The second-order valence-electron chi connectivity index (χ2n) is 12.5. The van der Waals surface area contributed by atoms with Crippen LogP contribution in [0.3, 0.4) is 0 Å². The highest BCUT2D eigenvalue weighted by Crippen LogP contribution is 2.43. The molecule has 0 aromatic carbocycles. The standard InChI is InChI=1S/C32H65N2O6P/c1-6-8-10-12-13-14-15-16-17-18-19-20-22-23-25-31(35)30(33-32(36)26-24-21-11-9-7-2)29-40-41(37,38)39-28-27-34(3,4)5/h23,25,30-31,35H,6-22,24,26-29H2,1-5H3,(H-,33,36,37,38)/p+1/b25-23+. The van der Waals surface area contributed by atoms with Gasteiger partial charge in [0.15, 0.2) is 0 Å². The van der Waals surface area contributed by atoms with Crippen LogP contribution in [0.1, 0.15) is 136 Å². The number of unbranched alkanes of at least 4 members (excludes halogenated alkanes) is 16. The fourth-order valence-corrected chi connectivity index (χ4v) is 5.24. The van der Waals surface area contributed by atoms with Crippen LogP contribution in [0.2, 0.25) is 0 Å². The van der Waals surface area contributed by atoms with Gasteiger partial charge in [0.1, 0.15) is 13.2 Å². The van der Waals surface area contributed by atoms with Crippen molar-refractivity contribution in [1.82, 2.24) is 5.32 Å². The van der Waals surface area contributed by atoms with E-state index in [9.17, 15) is 19.4 Å². The minimum Gasteiger partial charge on any atom is -0.387 e. The molecule has 0 saturated heterocycles. The summed E-state index contributed by atoms with van der Waals surface area (Å²) < 4.78 is 23.2. The third kappa shape index (κ3) is 27.8. The molecule has 0 saturated carbocycles. The molecule has 9 heteroatoms. The van der Waals surface area contributed by atoms with E-state index in [0.29, 0.717) is 17.4 Å². The molecule has 41 heavy (non-hydrogen) atoms. The summed E-state index contributed by atoms with van der Waals surface area (Å²) in [5.41, 5.74) is 0. The fourth-order valence-electron chi connectivity index (χ4n) is 4.51. The number of phosphoric ester groups is 1. The second kappa shape index (κ2) is 25.7. The van der Waals surface area contributed by atoms with Crippen molar-refractivity contribution in [2.75, 3.05) is 40.9 Å². The van der Waals surface area contributed by atoms with Crippen LogP contribution < -0.4 is 5.32 Å². The summed E-state index contributed by atoms with van der Waals surface area (Å²) in [5, 5.41) is 13.6. The first kappa shape index (κ1) is 40.2. The summed E-state index contributed by atoms with van der Waals surface area (Å²) in [6.07, 6.45) is 24.5. The number of nitrogens with one attached hydrogen (secondary N) is 1. The van der Waals surface area contributed by atoms with Gasteiger partial charge in [0.25, 0.3) is 0 Å². The minimum absolute atomic E-state index is 0.0631. The predicted octanol–water partition coefficient (Wildman–Crippen LogP) is 7.68. The van der Waals surface area contributed by atoms with Gasteiger partial charge in [-0.05, 0) is 19.3 Å². The van der Waals surface area contributed by atoms with E-state index in [2.05, 4.69) is 19.2 Å². The van der Waals surface area contributed by atoms with Crippen molar-refractivity contribution in [1.29, 1.82) is 0 Å². The van der Waals surface area contributed by atoms with Gasteiger partial charge in [0.05, 0.1) is 39.9 Å². The van der Waals surface area contributed by atoms with E-state index in [4.69, 9.17) is 9.05 Å². The van der Waals surface area contributed by atoms with E-state index in [1.54, 1.807) is 6.08 Å². The molecule has 0 aliphatic heterocycles. The van der Waals surface area contributed by atoms with Crippen molar-refractivity contribution in [3.63, 3.8) is 0 Å². The average molecular weight is 606 g/mol. The lowest BCUT2D eigenvalue weighted by Gasteiger charge is -2.25. The number of hydrogen-bond donors (Lipinski definition) is 3. The zero-order valence-corrected chi connectivity index (χ0v) is 28.2. The van der Waals surface area contributed by atoms with Gasteiger partial charge in [-0.1, -0.05) is 122 Å². The van der Waals surface area contributed by atoms with E-state index in [1.807, 2.05) is 27.2 Å². The topological polar surface area (TPSA) is 105 Å². The first-order chi connectivity index (χ1) is 19.5. The van der Waals surface area contributed by atoms with E-state index in [0.717, 1.165) is 51.4 Å². The molecule has 3 unspecified atom stereocenters. The lowest BCUT2D eigenvalue weighted by molar-refractivity contribution is -0.870. The molecular weight excluding hydrogens is 539 g/mol. The molecule has 3 N–H and O–H groups in total. The normalized spacial score (nSPS) is 15.2. The van der Waals surface area contributed by atoms with Crippen LogP contribution in [0.5, 0.6) is 0 Å². The molecule has 0 aromatic rings. The third-order valence-corrected chi connectivity index (χ3v) is 8.24. The summed E-state index contributed by atoms with van der Waals surface area (Å²) in [6, 6.07) is -0.834. The number of quaternary nitrogens is 1. The second-order valence-corrected chi connectivity index (χ2v) is 14.0. The minimum atomic E-state index is -4.31. The Balaban J connectivity index is 4.51. The number of hydrogen-bond acceptors (Lipinski definition) is 5. The van der Waals surface area contributed by atoms with E-state index in [1.165, 1.54) is 64.2 Å². The lowest BCUT2D eigenvalue weighted by atomic mass is 10.0. The summed E-state index contributed by atoms with van der Waals surface area (Å²) in [7, 11) is 1.57. The van der Waals surface area contributed by atoms with Crippen LogP contribution in [-0.2, 0) is 18.4 Å². The summed E-state index contributed by atoms with van der Waals surface area (Å²) in [6.45, 7) is 4.69. The number of aliphatic hydroxyl groups excluding tert-OH is 1. The van der Waals surface area contributed by atoms with E-state index in [-0.39, 0.29) is 19.1 Å². The molecule has 0 rings (SSSR count). The summed E-state index contributed by atoms with van der Waals surface area (Å²) in [4.78, 5) is 22.6. The van der Waals surface area contributed by atoms with Gasteiger partial charge < -0.3 is 19.8 Å². The highest BCUT2D eigenvalue weighted by Gasteiger charge is 2.27. The van der Waals surface area contributed by atoms with Crippen molar-refractivity contribution in [2.45, 2.75) is 148 Å². The Kier molecular flexibility index (Phi) is 25.2. The Bertz CT molecular complexity index is 698. The number of amides is 1. The lowest BCUT2D eigenvalue weighted by Crippen LogP contribution is -2.45. The molecule has 0 aliphatic rings. The maximum atomic E-state index is 12.5. The number of rotatable bonds is 29. The molecule has 8 nitrogen and oxygen atoms in total. The van der Waals surface area contributed by atoms with Gasteiger partial charge >= 0.3 is 7.82 Å². The molecule has 0 aromatic heterocycles. The summed E-state index contributed by atoms with van der Waals surface area (Å²) in [5.74, 6) is -0.192. The summed E-state index contributed by atoms with van der Waals surface area (Å²) >= 11 is 0. The number of nitrogens with zero attached hydrogens (tertiary/aromatic N) is 1. The van der Waals surface area contributed by atoms with Crippen molar-refractivity contribution in [2.24, 2.45) is 0 Å². The molecule has 0 radical (unpaired) electrons. The molecular formula is C32H66N2O6P+. The van der Waals surface area contributed by atoms with Crippen molar-refractivity contribution < 1.29 is 32.9 Å². The van der Waals surface area contributed by atoms with Crippen molar-refractivity contribution >= 4 is 13.7 Å². The number of allylic oxidation sites excluding steroid dienone is 1. The Morgan fingerprint density at radius 2 is 1.29 bits per heavy atom. The number of phosphoric acid groups is 1. The molecule has 0 bridgehead atoms. The number of likely N-dealkylation sites (N-methyl/N-ethyl adjacent to an activating group) is 1. The van der Waals surface area contributed by atoms with Gasteiger partial charge in [-0.2, -0.15) is 0 Å². The van der Waals surface area contributed by atoms with E-state index < -0.39 is 20.0 Å². The molecule has 0 aliphatic carbocycles. The molecule has 244 valence electrons. The maximum absolute atomic E-state index is 12.5. The first-order valence-corrected chi connectivity index (χ1v) is 18.1. The van der Waals surface area contributed by atoms with Crippen LogP contribution in [-0.4, -0.2) is 73.4 Å². The molecule has 0 heterocycles. The average Bonchev–Trinajstić information content (AvgIpc) is 2.90. The highest BCUT2D eigenvalue weighted by atomic mass is 31.2. The van der Waals surface area contributed by atoms with Crippen molar-refractivity contribution in [3.05, 3.63) is 12.2 Å². The Labute approximate surface area is 252 Å². The Hall–Kier alpha value is -0.760. The van der Waals surface area contributed by atoms with Gasteiger partial charge in [0.2, 0.25) is 5.91 Å². The van der Waals surface area contributed by atoms with Crippen molar-refractivity contribution in [3.8, 4) is 0 Å². The van der Waals surface area contributed by atoms with Crippen LogP contribution >= 0.6 is 7.82 Å². The van der Waals surface area contributed by atoms with E-state index >= 15 is 0 Å². The zero-order chi connectivity index (χ0) is 30.8. The molecule has 1 amide bonds. The third-order valence-electron chi connectivity index (χ3n) is 7.26. The van der Waals surface area contributed by atoms with Gasteiger partial charge in [-0.15, -0.1) is 0 Å². The number of aliphatic hydroxyl groups is 1. The van der Waals surface area contributed by atoms with Crippen LogP contribution in [0, 0.1) is 0 Å². The Morgan fingerprint density at radius 1 is 0.805 bits per heavy atom. The highest BCUT2D eigenvalue weighted by molar-refractivity contribution is 7.47. The fraction of sp³-hybridized carbons (Fsp3) is 0.906. The quantitative estimate of drug-likeness (QED) is 0.0350. The van der Waals surface area contributed by atoms with Crippen LogP contribution in [0.4, 0.5) is 0 Å². The molecule has 3 atom stereocenters. The van der Waals surface area contributed by atoms with Crippen LogP contribution in [0.15, 0.2) is 12.2 Å². The Morgan fingerprint density at radius 3 is 1.80 bits per heavy atom. The smallest absolute Gasteiger partial charge is 0.387 e. The number of carbonyl (C=O) groups is 1. The monoisotopic (exact) mass is 605 g/mol. The predicted molar refractivity (Wildman–Crippen MR) is 171 cm³/mol. The van der Waals surface area contributed by atoms with Gasteiger partial charge in [0, 0.05) is 6.42 Å². The maximum Gasteiger partial charge on any atom is 0.472 e. The molecule has 0 spiro atoms. The molecule has 0 fully saturated rings. The SMILES string of the molecule is CCCCCCCCCCCCCC/C=C/C(O)C(COP(=O)(O)OCC[N+](C)(C)C)NC(=O)CCCCCCC.